The first-order valence-electron chi connectivity index (χ1n) is 4.56. The van der Waals surface area contributed by atoms with E-state index in [9.17, 15) is 0 Å². The molecule has 1 atom stereocenters. The molecule has 0 aliphatic carbocycles. The number of hydrogen-bond donors (Lipinski definition) is 1. The van der Waals surface area contributed by atoms with Gasteiger partial charge in [0.1, 0.15) is 0 Å². The number of nitrogens with one attached hydrogen (secondary N) is 1. The molecule has 1 unspecified atom stereocenters. The van der Waals surface area contributed by atoms with Crippen molar-refractivity contribution in [1.29, 1.82) is 0 Å². The summed E-state index contributed by atoms with van der Waals surface area (Å²) in [5.41, 5.74) is 0.167. The van der Waals surface area contributed by atoms with Crippen molar-refractivity contribution < 1.29 is 0 Å². The summed E-state index contributed by atoms with van der Waals surface area (Å²) < 4.78 is 0. The molecule has 0 aromatic carbocycles. The van der Waals surface area contributed by atoms with Crippen molar-refractivity contribution in [2.75, 3.05) is 6.54 Å². The van der Waals surface area contributed by atoms with Crippen LogP contribution in [0.3, 0.4) is 0 Å². The van der Waals surface area contributed by atoms with E-state index in [0.717, 1.165) is 13.0 Å². The lowest BCUT2D eigenvalue weighted by molar-refractivity contribution is 0.322. The third kappa shape index (κ3) is 4.41. The zero-order valence-electron chi connectivity index (χ0n) is 8.99. The fourth-order valence-electron chi connectivity index (χ4n) is 0.738. The number of hydrogen-bond acceptors (Lipinski definition) is 1. The van der Waals surface area contributed by atoms with Crippen LogP contribution in [0.15, 0.2) is 0 Å². The maximum absolute atomic E-state index is 5.43. The van der Waals surface area contributed by atoms with Gasteiger partial charge in [0.15, 0.2) is 0 Å². The Bertz CT molecular complexity index is 170. The highest BCUT2D eigenvalue weighted by Gasteiger charge is 2.20. The summed E-state index contributed by atoms with van der Waals surface area (Å²) in [6, 6.07) is 0. The molecule has 0 rings (SSSR count). The van der Waals surface area contributed by atoms with Crippen molar-refractivity contribution in [3.05, 3.63) is 0 Å². The number of terminal acetylenes is 1. The largest absolute Gasteiger partial charge is 0.301 e. The molecule has 0 fully saturated rings. The highest BCUT2D eigenvalue weighted by molar-refractivity contribution is 5.09. The van der Waals surface area contributed by atoms with Crippen molar-refractivity contribution >= 4 is 0 Å². The summed E-state index contributed by atoms with van der Waals surface area (Å²) in [4.78, 5) is 0. The molecule has 0 aromatic heterocycles. The summed E-state index contributed by atoms with van der Waals surface area (Å²) in [6.45, 7) is 11.7. The van der Waals surface area contributed by atoms with Crippen LogP contribution in [0.2, 0.25) is 0 Å². The lowest BCUT2D eigenvalue weighted by Crippen LogP contribution is -2.44. The Balaban J connectivity index is 4.01. The van der Waals surface area contributed by atoms with Crippen LogP contribution < -0.4 is 5.32 Å². The van der Waals surface area contributed by atoms with Crippen LogP contribution in [-0.4, -0.2) is 12.1 Å². The normalized spacial score (nSPS) is 16.7. The molecule has 12 heavy (non-hydrogen) atoms. The van der Waals surface area contributed by atoms with Crippen molar-refractivity contribution in [3.63, 3.8) is 0 Å². The van der Waals surface area contributed by atoms with Gasteiger partial charge in [-0.3, -0.25) is 0 Å². The molecule has 0 aromatic rings. The molecule has 0 bridgehead atoms. The van der Waals surface area contributed by atoms with Crippen LogP contribution in [0.4, 0.5) is 0 Å². The molecule has 70 valence electrons. The van der Waals surface area contributed by atoms with Crippen LogP contribution in [0.25, 0.3) is 0 Å². The second kappa shape index (κ2) is 3.96. The second-order valence-electron chi connectivity index (χ2n) is 4.74. The van der Waals surface area contributed by atoms with Gasteiger partial charge in [0.05, 0.1) is 5.54 Å². The molecule has 0 spiro atoms. The fraction of sp³-hybridized carbons (Fsp3) is 0.818. The molecular weight excluding hydrogens is 146 g/mol. The van der Waals surface area contributed by atoms with E-state index in [0.29, 0.717) is 5.41 Å². The van der Waals surface area contributed by atoms with Crippen molar-refractivity contribution in [2.45, 2.75) is 46.6 Å². The van der Waals surface area contributed by atoms with Gasteiger partial charge in [-0.15, -0.1) is 6.42 Å². The standard InChI is InChI=1S/C11H21N/c1-7-11(6,8-2)12-9-10(3,4)5/h1,12H,8-9H2,2-6H3. The van der Waals surface area contributed by atoms with Crippen LogP contribution in [0, 0.1) is 17.8 Å². The highest BCUT2D eigenvalue weighted by Crippen LogP contribution is 2.14. The minimum absolute atomic E-state index is 0.132. The van der Waals surface area contributed by atoms with Crippen molar-refractivity contribution in [1.82, 2.24) is 5.32 Å². The Labute approximate surface area is 76.9 Å². The Morgan fingerprint density at radius 2 is 1.75 bits per heavy atom. The first kappa shape index (κ1) is 11.5. The quantitative estimate of drug-likeness (QED) is 0.637. The topological polar surface area (TPSA) is 12.0 Å². The predicted octanol–water partition coefficient (Wildman–Crippen LogP) is 2.42. The Morgan fingerprint density at radius 1 is 1.25 bits per heavy atom. The third-order valence-corrected chi connectivity index (χ3v) is 2.03. The zero-order valence-corrected chi connectivity index (χ0v) is 8.99. The average molecular weight is 167 g/mol. The first-order chi connectivity index (χ1) is 5.33. The Kier molecular flexibility index (Phi) is 3.80. The fourth-order valence-corrected chi connectivity index (χ4v) is 0.738. The smallest absolute Gasteiger partial charge is 0.0767 e. The van der Waals surface area contributed by atoms with Gasteiger partial charge in [-0.25, -0.2) is 0 Å². The molecule has 0 aliphatic heterocycles. The lowest BCUT2D eigenvalue weighted by atomic mass is 9.93. The zero-order chi connectivity index (χ0) is 9.83. The molecule has 0 heterocycles. The molecule has 1 N–H and O–H groups in total. The van der Waals surface area contributed by atoms with Crippen LogP contribution in [0.5, 0.6) is 0 Å². The van der Waals surface area contributed by atoms with Gasteiger partial charge in [-0.2, -0.15) is 0 Å². The molecular formula is C11H21N. The van der Waals surface area contributed by atoms with Crippen molar-refractivity contribution in [2.24, 2.45) is 5.41 Å². The van der Waals surface area contributed by atoms with E-state index in [1.807, 2.05) is 0 Å². The Hall–Kier alpha value is -0.480. The maximum Gasteiger partial charge on any atom is 0.0767 e. The molecule has 0 aliphatic rings. The van der Waals surface area contributed by atoms with E-state index < -0.39 is 0 Å². The minimum Gasteiger partial charge on any atom is -0.301 e. The van der Waals surface area contributed by atoms with E-state index >= 15 is 0 Å². The van der Waals surface area contributed by atoms with E-state index in [1.165, 1.54) is 0 Å². The summed E-state index contributed by atoms with van der Waals surface area (Å²) in [5, 5.41) is 3.40. The average Bonchev–Trinajstić information content (AvgIpc) is 1.99. The molecule has 0 saturated carbocycles. The highest BCUT2D eigenvalue weighted by atomic mass is 15.0. The monoisotopic (exact) mass is 167 g/mol. The molecule has 0 saturated heterocycles. The van der Waals surface area contributed by atoms with Crippen LogP contribution in [-0.2, 0) is 0 Å². The Morgan fingerprint density at radius 3 is 2.00 bits per heavy atom. The van der Waals surface area contributed by atoms with Gasteiger partial charge < -0.3 is 5.32 Å². The summed E-state index contributed by atoms with van der Waals surface area (Å²) in [5.74, 6) is 2.79. The van der Waals surface area contributed by atoms with Crippen molar-refractivity contribution in [3.8, 4) is 12.3 Å². The summed E-state index contributed by atoms with van der Waals surface area (Å²) >= 11 is 0. The lowest BCUT2D eigenvalue weighted by Gasteiger charge is -2.28. The van der Waals surface area contributed by atoms with Gasteiger partial charge in [0.25, 0.3) is 0 Å². The van der Waals surface area contributed by atoms with E-state index in [1.54, 1.807) is 0 Å². The van der Waals surface area contributed by atoms with E-state index in [2.05, 4.69) is 45.9 Å². The first-order valence-corrected chi connectivity index (χ1v) is 4.56. The second-order valence-corrected chi connectivity index (χ2v) is 4.74. The maximum atomic E-state index is 5.43. The van der Waals surface area contributed by atoms with Gasteiger partial charge in [-0.1, -0.05) is 33.6 Å². The molecule has 1 nitrogen and oxygen atoms in total. The molecule has 1 heteroatoms. The van der Waals surface area contributed by atoms with E-state index in [4.69, 9.17) is 6.42 Å². The minimum atomic E-state index is -0.132. The predicted molar refractivity (Wildman–Crippen MR) is 55.0 cm³/mol. The van der Waals surface area contributed by atoms with Crippen LogP contribution in [0.1, 0.15) is 41.0 Å². The third-order valence-electron chi connectivity index (χ3n) is 2.03. The summed E-state index contributed by atoms with van der Waals surface area (Å²) in [6.07, 6.45) is 6.41. The van der Waals surface area contributed by atoms with Gasteiger partial charge in [0.2, 0.25) is 0 Å². The molecule has 0 amide bonds. The van der Waals surface area contributed by atoms with Gasteiger partial charge in [-0.05, 0) is 18.8 Å². The summed E-state index contributed by atoms with van der Waals surface area (Å²) in [7, 11) is 0. The van der Waals surface area contributed by atoms with Gasteiger partial charge in [0, 0.05) is 6.54 Å². The SMILES string of the molecule is C#CC(C)(CC)NCC(C)(C)C. The van der Waals surface area contributed by atoms with Gasteiger partial charge >= 0.3 is 0 Å². The number of rotatable bonds is 3. The van der Waals surface area contributed by atoms with E-state index in [-0.39, 0.29) is 5.54 Å². The molecule has 0 radical (unpaired) electrons. The van der Waals surface area contributed by atoms with Crippen LogP contribution >= 0.6 is 0 Å².